The lowest BCUT2D eigenvalue weighted by atomic mass is 10.2. The van der Waals surface area contributed by atoms with Gasteiger partial charge in [-0.3, -0.25) is 4.79 Å². The number of ether oxygens (including phenoxy) is 3. The van der Waals surface area contributed by atoms with Gasteiger partial charge in [0.1, 0.15) is 5.82 Å². The molecule has 1 atom stereocenters. The molecule has 0 aliphatic carbocycles. The number of carbonyl (C=O) groups is 1. The highest BCUT2D eigenvalue weighted by Gasteiger charge is 2.19. The fourth-order valence-electron chi connectivity index (χ4n) is 2.03. The minimum absolute atomic E-state index is 0.135. The van der Waals surface area contributed by atoms with Gasteiger partial charge in [0.2, 0.25) is 6.79 Å². The lowest BCUT2D eigenvalue weighted by molar-refractivity contribution is -0.122. The Labute approximate surface area is 130 Å². The largest absolute Gasteiger partial charge is 0.478 e. The highest BCUT2D eigenvalue weighted by atomic mass is 19.1. The molecule has 0 bridgehead atoms. The summed E-state index contributed by atoms with van der Waals surface area (Å²) in [4.78, 5) is 12.1. The maximum Gasteiger partial charge on any atom is 0.265 e. The first kappa shape index (κ1) is 15.1. The van der Waals surface area contributed by atoms with Crippen molar-refractivity contribution in [1.82, 2.24) is 0 Å². The third-order valence-electron chi connectivity index (χ3n) is 3.21. The van der Waals surface area contributed by atoms with Crippen LogP contribution in [0.2, 0.25) is 0 Å². The summed E-state index contributed by atoms with van der Waals surface area (Å²) in [6.07, 6.45) is -0.972. The molecular formula is C16H13F2NO4. The van der Waals surface area contributed by atoms with E-state index in [-0.39, 0.29) is 12.5 Å². The van der Waals surface area contributed by atoms with Crippen LogP contribution in [-0.2, 0) is 4.79 Å². The molecule has 1 aliphatic rings. The van der Waals surface area contributed by atoms with E-state index in [2.05, 4.69) is 5.32 Å². The van der Waals surface area contributed by atoms with E-state index in [1.165, 1.54) is 6.92 Å². The van der Waals surface area contributed by atoms with Crippen LogP contribution in [0.1, 0.15) is 6.92 Å². The number of benzene rings is 2. The van der Waals surface area contributed by atoms with Crippen molar-refractivity contribution in [3.05, 3.63) is 48.0 Å². The zero-order chi connectivity index (χ0) is 16.4. The Balaban J connectivity index is 1.65. The minimum atomic E-state index is -0.972. The Morgan fingerprint density at radius 3 is 2.74 bits per heavy atom. The number of nitrogens with one attached hydrogen (secondary N) is 1. The topological polar surface area (TPSA) is 56.8 Å². The normalized spacial score (nSPS) is 13.5. The Bertz CT molecular complexity index is 751. The fourth-order valence-corrected chi connectivity index (χ4v) is 2.03. The zero-order valence-corrected chi connectivity index (χ0v) is 12.1. The molecule has 5 nitrogen and oxygen atoms in total. The monoisotopic (exact) mass is 321 g/mol. The van der Waals surface area contributed by atoms with E-state index in [0.717, 1.165) is 12.1 Å². The van der Waals surface area contributed by atoms with Crippen LogP contribution < -0.4 is 19.5 Å². The van der Waals surface area contributed by atoms with E-state index in [1.807, 2.05) is 0 Å². The van der Waals surface area contributed by atoms with E-state index < -0.39 is 23.6 Å². The lowest BCUT2D eigenvalue weighted by Gasteiger charge is -2.15. The molecule has 0 saturated carbocycles. The number of amides is 1. The van der Waals surface area contributed by atoms with Gasteiger partial charge >= 0.3 is 0 Å². The maximum atomic E-state index is 13.5. The molecule has 120 valence electrons. The van der Waals surface area contributed by atoms with Gasteiger partial charge in [-0.15, -0.1) is 0 Å². The van der Waals surface area contributed by atoms with Gasteiger partial charge < -0.3 is 19.5 Å². The highest BCUT2D eigenvalue weighted by molar-refractivity contribution is 5.94. The van der Waals surface area contributed by atoms with Crippen LogP contribution in [0.4, 0.5) is 14.5 Å². The molecule has 1 amide bonds. The van der Waals surface area contributed by atoms with Gasteiger partial charge in [0.25, 0.3) is 5.91 Å². The van der Waals surface area contributed by atoms with Crippen molar-refractivity contribution in [3.63, 3.8) is 0 Å². The van der Waals surface area contributed by atoms with Crippen LogP contribution in [0.25, 0.3) is 0 Å². The van der Waals surface area contributed by atoms with Crippen molar-refractivity contribution in [2.45, 2.75) is 13.0 Å². The second-order valence-corrected chi connectivity index (χ2v) is 4.89. The fraction of sp³-hybridized carbons (Fsp3) is 0.188. The van der Waals surface area contributed by atoms with Gasteiger partial charge in [-0.05, 0) is 31.2 Å². The zero-order valence-electron chi connectivity index (χ0n) is 12.1. The van der Waals surface area contributed by atoms with Crippen molar-refractivity contribution < 1.29 is 27.8 Å². The number of hydrogen-bond acceptors (Lipinski definition) is 4. The first-order valence-electron chi connectivity index (χ1n) is 6.85. The summed E-state index contributed by atoms with van der Waals surface area (Å²) in [5.74, 6) is -1.13. The summed E-state index contributed by atoms with van der Waals surface area (Å²) < 4.78 is 42.0. The van der Waals surface area contributed by atoms with Crippen molar-refractivity contribution in [2.24, 2.45) is 0 Å². The quantitative estimate of drug-likeness (QED) is 0.940. The van der Waals surface area contributed by atoms with Crippen molar-refractivity contribution in [1.29, 1.82) is 0 Å². The summed E-state index contributed by atoms with van der Waals surface area (Å²) in [7, 11) is 0. The molecule has 2 aromatic rings. The van der Waals surface area contributed by atoms with Crippen LogP contribution in [0.15, 0.2) is 36.4 Å². The predicted molar refractivity (Wildman–Crippen MR) is 77.6 cm³/mol. The summed E-state index contributed by atoms with van der Waals surface area (Å²) in [6, 6.07) is 7.82. The van der Waals surface area contributed by atoms with Gasteiger partial charge in [-0.25, -0.2) is 8.78 Å². The molecule has 1 N–H and O–H groups in total. The van der Waals surface area contributed by atoms with E-state index in [9.17, 15) is 13.6 Å². The Kier molecular flexibility index (Phi) is 4.01. The molecule has 0 fully saturated rings. The number of rotatable bonds is 4. The van der Waals surface area contributed by atoms with Gasteiger partial charge in [0.05, 0.1) is 0 Å². The molecule has 1 aliphatic heterocycles. The second-order valence-electron chi connectivity index (χ2n) is 4.89. The Hall–Kier alpha value is -2.83. The minimum Gasteiger partial charge on any atom is -0.478 e. The third-order valence-corrected chi connectivity index (χ3v) is 3.21. The average molecular weight is 321 g/mol. The molecular weight excluding hydrogens is 308 g/mol. The van der Waals surface area contributed by atoms with Gasteiger partial charge in [-0.1, -0.05) is 0 Å². The van der Waals surface area contributed by atoms with Crippen molar-refractivity contribution in [2.75, 3.05) is 12.1 Å². The van der Waals surface area contributed by atoms with Crippen molar-refractivity contribution in [3.8, 4) is 17.2 Å². The molecule has 0 aromatic heterocycles. The summed E-state index contributed by atoms with van der Waals surface area (Å²) in [5.41, 5.74) is 0.495. The molecule has 2 aromatic carbocycles. The number of fused-ring (bicyclic) bond motifs is 1. The van der Waals surface area contributed by atoms with Crippen LogP contribution in [-0.4, -0.2) is 18.8 Å². The van der Waals surface area contributed by atoms with E-state index in [4.69, 9.17) is 14.2 Å². The molecule has 7 heteroatoms. The van der Waals surface area contributed by atoms with Crippen molar-refractivity contribution >= 4 is 11.6 Å². The molecule has 0 unspecified atom stereocenters. The van der Waals surface area contributed by atoms with E-state index in [0.29, 0.717) is 23.3 Å². The number of carbonyl (C=O) groups excluding carboxylic acids is 1. The third kappa shape index (κ3) is 3.33. The van der Waals surface area contributed by atoms with Gasteiger partial charge in [-0.2, -0.15) is 0 Å². The summed E-state index contributed by atoms with van der Waals surface area (Å²) in [5, 5.41) is 2.63. The van der Waals surface area contributed by atoms with E-state index >= 15 is 0 Å². The number of halogens is 2. The van der Waals surface area contributed by atoms with Crippen LogP contribution >= 0.6 is 0 Å². The van der Waals surface area contributed by atoms with Gasteiger partial charge in [0, 0.05) is 17.8 Å². The first-order chi connectivity index (χ1) is 11.0. The molecule has 23 heavy (non-hydrogen) atoms. The molecule has 0 spiro atoms. The molecule has 1 heterocycles. The molecule has 0 saturated heterocycles. The SMILES string of the molecule is C[C@@H](Oc1ccc(F)cc1F)C(=O)Nc1ccc2c(c1)OCO2. The average Bonchev–Trinajstić information content (AvgIpc) is 2.97. The second kappa shape index (κ2) is 6.12. The van der Waals surface area contributed by atoms with Crippen LogP contribution in [0, 0.1) is 11.6 Å². The molecule has 0 radical (unpaired) electrons. The lowest BCUT2D eigenvalue weighted by Crippen LogP contribution is -2.30. The standard InChI is InChI=1S/C16H13F2NO4/c1-9(23-13-4-2-10(17)6-12(13)18)16(20)19-11-3-5-14-15(7-11)22-8-21-14/h2-7,9H,8H2,1H3,(H,19,20)/t9-/m1/s1. The highest BCUT2D eigenvalue weighted by Crippen LogP contribution is 2.34. The Morgan fingerprint density at radius 2 is 1.96 bits per heavy atom. The smallest absolute Gasteiger partial charge is 0.265 e. The van der Waals surface area contributed by atoms with E-state index in [1.54, 1.807) is 18.2 Å². The number of anilines is 1. The van der Waals surface area contributed by atoms with Crippen LogP contribution in [0.3, 0.4) is 0 Å². The first-order valence-corrected chi connectivity index (χ1v) is 6.85. The van der Waals surface area contributed by atoms with Gasteiger partial charge in [0.15, 0.2) is 29.2 Å². The summed E-state index contributed by atoms with van der Waals surface area (Å²) in [6.45, 7) is 1.60. The summed E-state index contributed by atoms with van der Waals surface area (Å²) >= 11 is 0. The van der Waals surface area contributed by atoms with Crippen LogP contribution in [0.5, 0.6) is 17.2 Å². The molecule has 3 rings (SSSR count). The maximum absolute atomic E-state index is 13.5. The Morgan fingerprint density at radius 1 is 1.17 bits per heavy atom. The number of hydrogen-bond donors (Lipinski definition) is 1. The predicted octanol–water partition coefficient (Wildman–Crippen LogP) is 3.10.